The Morgan fingerprint density at radius 1 is 1.17 bits per heavy atom. The van der Waals surface area contributed by atoms with Crippen LogP contribution in [0.1, 0.15) is 32.1 Å². The summed E-state index contributed by atoms with van der Waals surface area (Å²) in [6, 6.07) is 9.35. The van der Waals surface area contributed by atoms with E-state index in [1.807, 2.05) is 35.7 Å². The van der Waals surface area contributed by atoms with E-state index in [-0.39, 0.29) is 17.4 Å². The summed E-state index contributed by atoms with van der Waals surface area (Å²) < 4.78 is 7.69. The lowest BCUT2D eigenvalue weighted by atomic mass is 9.97. The van der Waals surface area contributed by atoms with Crippen LogP contribution in [0.15, 0.2) is 40.5 Å². The van der Waals surface area contributed by atoms with Gasteiger partial charge in [-0.25, -0.2) is 9.55 Å². The second-order valence-corrected chi connectivity index (χ2v) is 10.3. The number of carbonyl (C=O) groups excluding carboxylic acids is 1. The fourth-order valence-electron chi connectivity index (χ4n) is 5.13. The van der Waals surface area contributed by atoms with Gasteiger partial charge in [-0.05, 0) is 62.4 Å². The van der Waals surface area contributed by atoms with Gasteiger partial charge in [0.15, 0.2) is 0 Å². The average molecular weight is 496 g/mol. The maximum Gasteiger partial charge on any atom is 0.277 e. The number of nitrogens with one attached hydrogen (secondary N) is 1. The van der Waals surface area contributed by atoms with Crippen LogP contribution in [0, 0.1) is 5.92 Å². The topological polar surface area (TPSA) is 79.7 Å². The molecule has 0 spiro atoms. The lowest BCUT2D eigenvalue weighted by molar-refractivity contribution is -0.125. The minimum atomic E-state index is -0.126. The molecular weight excluding hydrogens is 462 g/mol. The second-order valence-electron chi connectivity index (χ2n) is 9.37. The maximum absolute atomic E-state index is 13.5. The van der Waals surface area contributed by atoms with Gasteiger partial charge in [0.25, 0.3) is 5.56 Å². The zero-order valence-corrected chi connectivity index (χ0v) is 21.1. The number of benzene rings is 1. The van der Waals surface area contributed by atoms with Crippen molar-refractivity contribution < 1.29 is 9.53 Å². The third-order valence-corrected chi connectivity index (χ3v) is 7.92. The first-order chi connectivity index (χ1) is 17.1. The summed E-state index contributed by atoms with van der Waals surface area (Å²) in [5.74, 6) is 1.23. The van der Waals surface area contributed by atoms with Crippen LogP contribution in [0.3, 0.4) is 0 Å². The van der Waals surface area contributed by atoms with Gasteiger partial charge in [0.1, 0.15) is 10.4 Å². The number of fused-ring (bicyclic) bond motifs is 1. The number of anilines is 1. The highest BCUT2D eigenvalue weighted by Crippen LogP contribution is 2.27. The Bertz CT molecular complexity index is 1230. The summed E-state index contributed by atoms with van der Waals surface area (Å²) >= 11 is 1.40. The van der Waals surface area contributed by atoms with Crippen molar-refractivity contribution in [2.75, 3.05) is 51.3 Å². The van der Waals surface area contributed by atoms with E-state index < -0.39 is 0 Å². The first-order valence-corrected chi connectivity index (χ1v) is 13.4. The van der Waals surface area contributed by atoms with Gasteiger partial charge in [-0.1, -0.05) is 12.5 Å². The number of hydrogen-bond donors (Lipinski definition) is 1. The predicted molar refractivity (Wildman–Crippen MR) is 140 cm³/mol. The monoisotopic (exact) mass is 495 g/mol. The molecule has 4 heterocycles. The summed E-state index contributed by atoms with van der Waals surface area (Å²) in [6.45, 7) is 5.15. The first kappa shape index (κ1) is 23.8. The number of ether oxygens (including phenoxy) is 1. The van der Waals surface area contributed by atoms with Crippen molar-refractivity contribution in [2.45, 2.75) is 32.1 Å². The molecule has 1 N–H and O–H groups in total. The lowest BCUT2D eigenvalue weighted by Crippen LogP contribution is -2.46. The molecule has 2 aliphatic heterocycles. The minimum absolute atomic E-state index is 0.0959. The van der Waals surface area contributed by atoms with Crippen LogP contribution in [0.2, 0.25) is 0 Å². The molecule has 0 saturated carbocycles. The molecule has 0 aliphatic carbocycles. The third kappa shape index (κ3) is 5.21. The van der Waals surface area contributed by atoms with Gasteiger partial charge < -0.3 is 19.9 Å². The zero-order valence-electron chi connectivity index (χ0n) is 20.2. The molecule has 0 unspecified atom stereocenters. The molecule has 9 heteroatoms. The molecule has 1 amide bonds. The highest BCUT2D eigenvalue weighted by atomic mass is 32.1. The zero-order chi connectivity index (χ0) is 24.2. The standard InChI is InChI=1S/C26H33N5O3S/c1-34-21-9-5-8-20(17-21)31-25(33)23-22(10-16-35-23)28-26(31)30-14-6-7-19(18-30)24(32)27-11-15-29-12-3-2-4-13-29/h5,8-10,16-17,19H,2-4,6-7,11-15,18H2,1H3,(H,27,32)/t19-/m1/s1. The number of aromatic nitrogens is 2. The van der Waals surface area contributed by atoms with Crippen LogP contribution >= 0.6 is 11.3 Å². The molecule has 35 heavy (non-hydrogen) atoms. The van der Waals surface area contributed by atoms with Crippen LogP contribution in [0.5, 0.6) is 5.75 Å². The number of likely N-dealkylation sites (tertiary alicyclic amines) is 1. The van der Waals surface area contributed by atoms with Crippen LogP contribution in [-0.4, -0.2) is 66.7 Å². The lowest BCUT2D eigenvalue weighted by Gasteiger charge is -2.34. The Balaban J connectivity index is 1.37. The van der Waals surface area contributed by atoms with E-state index in [0.29, 0.717) is 40.7 Å². The van der Waals surface area contributed by atoms with E-state index in [1.165, 1.54) is 30.6 Å². The largest absolute Gasteiger partial charge is 0.497 e. The molecule has 2 fully saturated rings. The van der Waals surface area contributed by atoms with E-state index in [1.54, 1.807) is 11.7 Å². The number of piperidine rings is 2. The van der Waals surface area contributed by atoms with E-state index >= 15 is 0 Å². The van der Waals surface area contributed by atoms with E-state index in [0.717, 1.165) is 39.0 Å². The van der Waals surface area contributed by atoms with E-state index in [9.17, 15) is 9.59 Å². The van der Waals surface area contributed by atoms with Gasteiger partial charge in [-0.2, -0.15) is 0 Å². The summed E-state index contributed by atoms with van der Waals surface area (Å²) in [6.07, 6.45) is 5.53. The fraction of sp³-hybridized carbons (Fsp3) is 0.500. The molecule has 2 saturated heterocycles. The summed E-state index contributed by atoms with van der Waals surface area (Å²) in [5.41, 5.74) is 1.31. The van der Waals surface area contributed by atoms with Gasteiger partial charge in [0.05, 0.1) is 24.2 Å². The Hall–Kier alpha value is -2.91. The van der Waals surface area contributed by atoms with Crippen molar-refractivity contribution in [3.05, 3.63) is 46.1 Å². The number of nitrogens with zero attached hydrogens (tertiary/aromatic N) is 4. The molecule has 2 aliphatic rings. The number of rotatable bonds is 7. The van der Waals surface area contributed by atoms with Crippen molar-refractivity contribution in [3.63, 3.8) is 0 Å². The van der Waals surface area contributed by atoms with Gasteiger partial charge in [-0.15, -0.1) is 11.3 Å². The van der Waals surface area contributed by atoms with Gasteiger partial charge in [-0.3, -0.25) is 9.59 Å². The SMILES string of the molecule is COc1cccc(-n2c(N3CCC[C@@H](C(=O)NCCN4CCCCC4)C3)nc3ccsc3c2=O)c1. The number of methoxy groups -OCH3 is 1. The molecule has 1 atom stereocenters. The molecular formula is C26H33N5O3S. The molecule has 5 rings (SSSR count). The summed E-state index contributed by atoms with van der Waals surface area (Å²) in [4.78, 5) is 36.0. The second kappa shape index (κ2) is 10.8. The summed E-state index contributed by atoms with van der Waals surface area (Å²) in [5, 5.41) is 5.06. The van der Waals surface area contributed by atoms with Gasteiger partial charge in [0.2, 0.25) is 11.9 Å². The average Bonchev–Trinajstić information content (AvgIpc) is 3.38. The minimum Gasteiger partial charge on any atom is -0.497 e. The third-order valence-electron chi connectivity index (χ3n) is 7.02. The molecule has 8 nitrogen and oxygen atoms in total. The number of carbonyl (C=O) groups is 1. The number of thiophene rings is 1. The quantitative estimate of drug-likeness (QED) is 0.542. The predicted octanol–water partition coefficient (Wildman–Crippen LogP) is 3.27. The van der Waals surface area contributed by atoms with E-state index in [2.05, 4.69) is 15.1 Å². The van der Waals surface area contributed by atoms with Gasteiger partial charge >= 0.3 is 0 Å². The highest BCUT2D eigenvalue weighted by molar-refractivity contribution is 7.17. The molecule has 186 valence electrons. The first-order valence-electron chi connectivity index (χ1n) is 12.5. The normalized spacial score (nSPS) is 19.1. The van der Waals surface area contributed by atoms with Crippen molar-refractivity contribution in [3.8, 4) is 11.4 Å². The van der Waals surface area contributed by atoms with Crippen LogP contribution in [0.25, 0.3) is 15.9 Å². The fourth-order valence-corrected chi connectivity index (χ4v) is 5.89. The molecule has 0 bridgehead atoms. The number of amides is 1. The smallest absolute Gasteiger partial charge is 0.277 e. The Kier molecular flexibility index (Phi) is 7.34. The Morgan fingerprint density at radius 2 is 2.03 bits per heavy atom. The van der Waals surface area contributed by atoms with Crippen molar-refractivity contribution >= 4 is 33.4 Å². The molecule has 2 aromatic heterocycles. The van der Waals surface area contributed by atoms with E-state index in [4.69, 9.17) is 9.72 Å². The number of hydrogen-bond acceptors (Lipinski definition) is 7. The highest BCUT2D eigenvalue weighted by Gasteiger charge is 2.29. The molecule has 0 radical (unpaired) electrons. The van der Waals surface area contributed by atoms with Crippen LogP contribution in [-0.2, 0) is 4.79 Å². The van der Waals surface area contributed by atoms with Crippen molar-refractivity contribution in [1.29, 1.82) is 0 Å². The Morgan fingerprint density at radius 3 is 2.86 bits per heavy atom. The maximum atomic E-state index is 13.5. The summed E-state index contributed by atoms with van der Waals surface area (Å²) in [7, 11) is 1.61. The molecule has 1 aromatic carbocycles. The Labute approximate surface area is 209 Å². The van der Waals surface area contributed by atoms with Crippen LogP contribution in [0.4, 0.5) is 5.95 Å². The van der Waals surface area contributed by atoms with Crippen molar-refractivity contribution in [2.24, 2.45) is 5.92 Å². The molecule has 3 aromatic rings. The van der Waals surface area contributed by atoms with Crippen LogP contribution < -0.4 is 20.5 Å². The van der Waals surface area contributed by atoms with Crippen molar-refractivity contribution in [1.82, 2.24) is 19.8 Å². The van der Waals surface area contributed by atoms with Gasteiger partial charge in [0, 0.05) is 32.2 Å².